The van der Waals surface area contributed by atoms with Crippen molar-refractivity contribution in [3.05, 3.63) is 59.2 Å². The molecule has 3 N–H and O–H groups in total. The van der Waals surface area contributed by atoms with Gasteiger partial charge in [-0.05, 0) is 61.9 Å². The van der Waals surface area contributed by atoms with E-state index in [1.165, 1.54) is 4.90 Å². The maximum absolute atomic E-state index is 13.8. The second kappa shape index (κ2) is 15.9. The van der Waals surface area contributed by atoms with Crippen molar-refractivity contribution in [3.63, 3.8) is 0 Å². The van der Waals surface area contributed by atoms with Gasteiger partial charge in [0.15, 0.2) is 0 Å². The van der Waals surface area contributed by atoms with Gasteiger partial charge >= 0.3 is 0 Å². The van der Waals surface area contributed by atoms with Crippen molar-refractivity contribution in [2.24, 2.45) is 11.7 Å². The van der Waals surface area contributed by atoms with Crippen LogP contribution >= 0.6 is 0 Å². The third-order valence-electron chi connectivity index (χ3n) is 11.3. The Bertz CT molecular complexity index is 1790. The van der Waals surface area contributed by atoms with Crippen LogP contribution in [0.3, 0.4) is 0 Å². The van der Waals surface area contributed by atoms with Crippen molar-refractivity contribution in [2.75, 3.05) is 39.5 Å². The zero-order valence-corrected chi connectivity index (χ0v) is 29.7. The van der Waals surface area contributed by atoms with Crippen molar-refractivity contribution in [1.82, 2.24) is 20.0 Å². The molecule has 6 atom stereocenters. The monoisotopic (exact) mass is 726 g/mol. The number of rotatable bonds is 11. The van der Waals surface area contributed by atoms with Crippen molar-refractivity contribution in [1.29, 1.82) is 5.26 Å². The Kier molecular flexibility index (Phi) is 10.9. The van der Waals surface area contributed by atoms with Crippen LogP contribution in [-0.4, -0.2) is 108 Å². The van der Waals surface area contributed by atoms with Crippen LogP contribution in [0.25, 0.3) is 0 Å². The Balaban J connectivity index is 0.872. The molecule has 4 fully saturated rings. The number of imide groups is 1. The number of amides is 5. The molecule has 0 spiro atoms. The van der Waals surface area contributed by atoms with Gasteiger partial charge in [0.05, 0.1) is 37.8 Å². The summed E-state index contributed by atoms with van der Waals surface area (Å²) in [7, 11) is 0. The Morgan fingerprint density at radius 2 is 1.72 bits per heavy atom. The van der Waals surface area contributed by atoms with E-state index < -0.39 is 24.0 Å². The van der Waals surface area contributed by atoms with Gasteiger partial charge in [-0.15, -0.1) is 0 Å². The largest absolute Gasteiger partial charge is 0.491 e. The fourth-order valence-electron chi connectivity index (χ4n) is 8.52. The molecule has 5 amide bonds. The lowest BCUT2D eigenvalue weighted by atomic mass is 9.90. The highest BCUT2D eigenvalue weighted by atomic mass is 16.5. The average molecular weight is 727 g/mol. The highest BCUT2D eigenvalue weighted by Crippen LogP contribution is 2.38. The molecule has 4 saturated heterocycles. The Morgan fingerprint density at radius 3 is 2.53 bits per heavy atom. The predicted molar refractivity (Wildman–Crippen MR) is 189 cm³/mol. The van der Waals surface area contributed by atoms with Gasteiger partial charge in [0.1, 0.15) is 36.8 Å². The highest BCUT2D eigenvalue weighted by Gasteiger charge is 2.47. The van der Waals surface area contributed by atoms with Gasteiger partial charge < -0.3 is 34.6 Å². The molecular formula is C39H46N6O8. The molecule has 53 heavy (non-hydrogen) atoms. The highest BCUT2D eigenvalue weighted by molar-refractivity contribution is 6.05. The van der Waals surface area contributed by atoms with Crippen molar-refractivity contribution >= 4 is 29.5 Å². The van der Waals surface area contributed by atoms with E-state index >= 15 is 0 Å². The molecule has 2 aromatic carbocycles. The van der Waals surface area contributed by atoms with Crippen LogP contribution in [0.2, 0.25) is 0 Å². The minimum absolute atomic E-state index is 0.0507. The summed E-state index contributed by atoms with van der Waals surface area (Å²) < 4.78 is 17.7. The number of nitrogens with one attached hydrogen (secondary N) is 1. The van der Waals surface area contributed by atoms with E-state index in [0.717, 1.165) is 31.2 Å². The van der Waals surface area contributed by atoms with Gasteiger partial charge in [-0.2, -0.15) is 5.26 Å². The molecule has 5 aliphatic heterocycles. The fraction of sp³-hybridized carbons (Fsp3) is 0.538. The van der Waals surface area contributed by atoms with Crippen LogP contribution in [0.4, 0.5) is 0 Å². The Morgan fingerprint density at radius 1 is 0.925 bits per heavy atom. The molecule has 0 bridgehead atoms. The number of likely N-dealkylation sites (tertiary alicyclic amines) is 1. The molecule has 7 rings (SSSR count). The first-order valence-electron chi connectivity index (χ1n) is 18.7. The molecule has 14 nitrogen and oxygen atoms in total. The molecule has 0 radical (unpaired) electrons. The van der Waals surface area contributed by atoms with Gasteiger partial charge in [-0.3, -0.25) is 29.3 Å². The molecule has 2 aromatic rings. The average Bonchev–Trinajstić information content (AvgIpc) is 3.88. The zero-order valence-electron chi connectivity index (χ0n) is 29.7. The number of carbonyl (C=O) groups is 5. The van der Waals surface area contributed by atoms with Crippen molar-refractivity contribution in [2.45, 2.75) is 88.0 Å². The van der Waals surface area contributed by atoms with Crippen molar-refractivity contribution < 1.29 is 38.2 Å². The first-order chi connectivity index (χ1) is 25.7. The molecule has 5 heterocycles. The minimum Gasteiger partial charge on any atom is -0.491 e. The third kappa shape index (κ3) is 7.59. The summed E-state index contributed by atoms with van der Waals surface area (Å²) in [5.41, 5.74) is 8.31. The van der Waals surface area contributed by atoms with E-state index in [9.17, 15) is 29.2 Å². The minimum atomic E-state index is -0.693. The van der Waals surface area contributed by atoms with E-state index in [1.807, 2.05) is 24.3 Å². The lowest BCUT2D eigenvalue weighted by Crippen LogP contribution is -2.55. The smallest absolute Gasteiger partial charge is 0.255 e. The van der Waals surface area contributed by atoms with E-state index in [4.69, 9.17) is 19.9 Å². The Labute approximate surface area is 308 Å². The molecule has 14 heteroatoms. The summed E-state index contributed by atoms with van der Waals surface area (Å²) >= 11 is 0. The number of fused-ring (bicyclic) bond motifs is 2. The molecule has 0 saturated carbocycles. The second-order valence-electron chi connectivity index (χ2n) is 14.5. The van der Waals surface area contributed by atoms with Crippen LogP contribution in [-0.2, 0) is 30.5 Å². The van der Waals surface area contributed by atoms with Gasteiger partial charge in [0.25, 0.3) is 5.91 Å². The van der Waals surface area contributed by atoms with Gasteiger partial charge in [0, 0.05) is 42.6 Å². The maximum Gasteiger partial charge on any atom is 0.255 e. The molecule has 0 aromatic heterocycles. The maximum atomic E-state index is 13.8. The lowest BCUT2D eigenvalue weighted by molar-refractivity contribution is -0.146. The van der Waals surface area contributed by atoms with Crippen LogP contribution < -0.4 is 20.5 Å². The summed E-state index contributed by atoms with van der Waals surface area (Å²) in [6.07, 6.45) is 5.37. The third-order valence-corrected chi connectivity index (χ3v) is 11.3. The zero-order chi connectivity index (χ0) is 37.1. The van der Waals surface area contributed by atoms with Crippen LogP contribution in [0.1, 0.15) is 78.8 Å². The molecule has 2 unspecified atom stereocenters. The van der Waals surface area contributed by atoms with Gasteiger partial charge in [-0.25, -0.2) is 0 Å². The number of benzene rings is 2. The number of ether oxygens (including phenoxy) is 3. The molecular weight excluding hydrogens is 680 g/mol. The number of nitrogens with zero attached hydrogens (tertiary/aromatic N) is 4. The van der Waals surface area contributed by atoms with Crippen LogP contribution in [0.15, 0.2) is 42.5 Å². The summed E-state index contributed by atoms with van der Waals surface area (Å²) in [5.74, 6) is -0.653. The summed E-state index contributed by atoms with van der Waals surface area (Å²) in [6.45, 7) is 2.05. The number of hydrogen-bond acceptors (Lipinski definition) is 10. The first-order valence-corrected chi connectivity index (χ1v) is 18.7. The second-order valence-corrected chi connectivity index (χ2v) is 14.5. The standard InChI is InChI=1S/C39H46N6O8/c40-20-25-21-43(39(50)33-12-11-26-6-1-2-9-31(41)38(49)45(26)33)22-29(25)24-5-3-7-27(19-24)52-17-15-51-16-18-53-34-10-4-8-28-30(34)23-44(37(28)48)32-13-14-35(46)42-36(32)47/h3-5,7-8,10,19,25-26,29,31-33H,1-2,6,9,11-18,21-23,41H2,(H,42,46,47)/t25-,26+,29?,31+,32?,33+/m1/s1. The predicted octanol–water partition coefficient (Wildman–Crippen LogP) is 2.25. The molecule has 0 aliphatic carbocycles. The Hall–Kier alpha value is -5.00. The number of nitrogens with two attached hydrogens (primary N) is 1. The number of carbonyl (C=O) groups excluding carboxylic acids is 5. The summed E-state index contributed by atoms with van der Waals surface area (Å²) in [5, 5.41) is 12.4. The molecule has 280 valence electrons. The van der Waals surface area contributed by atoms with Crippen molar-refractivity contribution in [3.8, 4) is 17.6 Å². The van der Waals surface area contributed by atoms with E-state index in [2.05, 4.69) is 11.4 Å². The van der Waals surface area contributed by atoms with Gasteiger partial charge in [0.2, 0.25) is 23.6 Å². The summed E-state index contributed by atoms with van der Waals surface area (Å²) in [6, 6.07) is 13.5. The number of hydrogen-bond donors (Lipinski definition) is 2. The van der Waals surface area contributed by atoms with E-state index in [-0.39, 0.29) is 74.3 Å². The normalized spacial score (nSPS) is 27.1. The van der Waals surface area contributed by atoms with Crippen LogP contribution in [0, 0.1) is 17.2 Å². The fourth-order valence-corrected chi connectivity index (χ4v) is 8.52. The number of nitriles is 1. The lowest BCUT2D eigenvalue weighted by Gasteiger charge is -2.35. The van der Waals surface area contributed by atoms with Crippen LogP contribution in [0.5, 0.6) is 11.5 Å². The molecule has 5 aliphatic rings. The number of piperidine rings is 1. The van der Waals surface area contributed by atoms with E-state index in [0.29, 0.717) is 61.6 Å². The first kappa shape index (κ1) is 36.4. The summed E-state index contributed by atoms with van der Waals surface area (Å²) in [4.78, 5) is 69.1. The topological polar surface area (TPSA) is 185 Å². The quantitative estimate of drug-likeness (QED) is 0.257. The SMILES string of the molecule is N#C[C@@H]1CN(C(=O)[C@@H]2CC[C@@H]3CCCC[C@H](N)C(=O)N32)CC1c1cccc(OCCOCCOc2cccc3c2CN(C2CCC(=O)NC2=O)C3=O)c1. The van der Waals surface area contributed by atoms with Gasteiger partial charge in [-0.1, -0.05) is 31.0 Å². The van der Waals surface area contributed by atoms with E-state index in [1.54, 1.807) is 28.0 Å².